The van der Waals surface area contributed by atoms with Gasteiger partial charge in [-0.25, -0.2) is 8.42 Å². The molecular formula is C10H12N4O3S. The fourth-order valence-corrected chi connectivity index (χ4v) is 2.96. The monoisotopic (exact) mass is 268 g/mol. The van der Waals surface area contributed by atoms with E-state index in [0.29, 0.717) is 11.4 Å². The normalized spacial score (nSPS) is 11.4. The van der Waals surface area contributed by atoms with E-state index < -0.39 is 16.6 Å². The van der Waals surface area contributed by atoms with Crippen LogP contribution in [0.2, 0.25) is 0 Å². The number of aryl methyl sites for hydroxylation is 1. The predicted octanol–water partition coefficient (Wildman–Crippen LogP) is 0.406. The molecule has 18 heavy (non-hydrogen) atoms. The van der Waals surface area contributed by atoms with Crippen LogP contribution in [0, 0.1) is 6.92 Å². The summed E-state index contributed by atoms with van der Waals surface area (Å²) in [6, 6.07) is 3.20. The van der Waals surface area contributed by atoms with Crippen LogP contribution in [0.1, 0.15) is 11.4 Å². The van der Waals surface area contributed by atoms with E-state index in [4.69, 9.17) is 5.11 Å². The van der Waals surface area contributed by atoms with Crippen LogP contribution < -0.4 is 4.72 Å². The van der Waals surface area contributed by atoms with Gasteiger partial charge < -0.3 is 5.11 Å². The Bertz CT molecular complexity index is 636. The highest BCUT2D eigenvalue weighted by Gasteiger charge is 2.23. The third-order valence-electron chi connectivity index (χ3n) is 2.29. The van der Waals surface area contributed by atoms with E-state index in [1.165, 1.54) is 6.20 Å². The van der Waals surface area contributed by atoms with Crippen molar-refractivity contribution in [1.82, 2.24) is 15.2 Å². The highest BCUT2D eigenvalue weighted by Crippen LogP contribution is 2.20. The van der Waals surface area contributed by atoms with Crippen molar-refractivity contribution < 1.29 is 13.5 Å². The number of pyridine rings is 1. The molecule has 8 heteroatoms. The first kappa shape index (κ1) is 12.5. The van der Waals surface area contributed by atoms with Gasteiger partial charge in [-0.3, -0.25) is 14.8 Å². The fraction of sp³-hybridized carbons (Fsp3) is 0.200. The summed E-state index contributed by atoms with van der Waals surface area (Å²) in [6.45, 7) is 1.12. The van der Waals surface area contributed by atoms with Crippen LogP contribution in [0.15, 0.2) is 29.4 Å². The molecule has 2 aromatic rings. The lowest BCUT2D eigenvalue weighted by molar-refractivity contribution is 0.273. The largest absolute Gasteiger partial charge is 0.390 e. The second kappa shape index (κ2) is 4.75. The summed E-state index contributed by atoms with van der Waals surface area (Å²) < 4.78 is 26.7. The van der Waals surface area contributed by atoms with Crippen LogP contribution in [-0.4, -0.2) is 28.7 Å². The molecule has 2 heterocycles. The minimum absolute atomic E-state index is 0.0335. The van der Waals surface area contributed by atoms with Crippen molar-refractivity contribution in [3.63, 3.8) is 0 Å². The lowest BCUT2D eigenvalue weighted by atomic mass is 10.4. The van der Waals surface area contributed by atoms with Crippen LogP contribution >= 0.6 is 0 Å². The number of rotatable bonds is 4. The van der Waals surface area contributed by atoms with Gasteiger partial charge in [-0.1, -0.05) is 0 Å². The number of sulfonamides is 1. The van der Waals surface area contributed by atoms with E-state index in [9.17, 15) is 8.42 Å². The van der Waals surface area contributed by atoms with Crippen molar-refractivity contribution in [1.29, 1.82) is 0 Å². The Kier molecular flexibility index (Phi) is 3.30. The molecule has 96 valence electrons. The molecule has 0 bridgehead atoms. The Labute approximate surface area is 104 Å². The zero-order valence-electron chi connectivity index (χ0n) is 9.58. The van der Waals surface area contributed by atoms with Crippen molar-refractivity contribution in [2.75, 3.05) is 4.72 Å². The maximum absolute atomic E-state index is 12.2. The molecule has 0 radical (unpaired) electrons. The molecule has 2 aromatic heterocycles. The highest BCUT2D eigenvalue weighted by molar-refractivity contribution is 7.92. The Morgan fingerprint density at radius 2 is 2.28 bits per heavy atom. The molecule has 0 amide bonds. The minimum Gasteiger partial charge on any atom is -0.390 e. The van der Waals surface area contributed by atoms with Crippen LogP contribution in [0.25, 0.3) is 0 Å². The number of aliphatic hydroxyl groups is 1. The molecule has 0 aliphatic carbocycles. The third kappa shape index (κ3) is 2.34. The number of hydrogen-bond acceptors (Lipinski definition) is 5. The summed E-state index contributed by atoms with van der Waals surface area (Å²) in [6.07, 6.45) is 2.94. The smallest absolute Gasteiger partial charge is 0.265 e. The van der Waals surface area contributed by atoms with E-state index in [0.717, 1.165) is 0 Å². The SMILES string of the molecule is Cc1[nH]nc(CO)c1S(=O)(=O)Nc1cccnc1. The van der Waals surface area contributed by atoms with Gasteiger partial charge in [0.05, 0.1) is 24.2 Å². The van der Waals surface area contributed by atoms with Crippen LogP contribution in [0.4, 0.5) is 5.69 Å². The minimum atomic E-state index is -3.79. The molecule has 0 saturated carbocycles. The average Bonchev–Trinajstić information content (AvgIpc) is 2.72. The molecule has 0 spiro atoms. The average molecular weight is 268 g/mol. The number of nitrogens with zero attached hydrogens (tertiary/aromatic N) is 2. The summed E-state index contributed by atoms with van der Waals surface area (Å²) in [7, 11) is -3.79. The van der Waals surface area contributed by atoms with Gasteiger partial charge in [0.25, 0.3) is 10.0 Å². The molecule has 0 saturated heterocycles. The Balaban J connectivity index is 2.40. The van der Waals surface area contributed by atoms with Gasteiger partial charge in [-0.15, -0.1) is 0 Å². The zero-order valence-corrected chi connectivity index (χ0v) is 10.4. The number of aromatic nitrogens is 3. The Morgan fingerprint density at radius 3 is 2.89 bits per heavy atom. The molecule has 0 fully saturated rings. The number of aromatic amines is 1. The van der Waals surface area contributed by atoms with Crippen molar-refractivity contribution in [3.05, 3.63) is 35.9 Å². The first-order valence-electron chi connectivity index (χ1n) is 5.12. The number of nitrogens with one attached hydrogen (secondary N) is 2. The van der Waals surface area contributed by atoms with Crippen molar-refractivity contribution in [3.8, 4) is 0 Å². The Hall–Kier alpha value is -1.93. The predicted molar refractivity (Wildman–Crippen MR) is 64.3 cm³/mol. The molecular weight excluding hydrogens is 256 g/mol. The Morgan fingerprint density at radius 1 is 1.50 bits per heavy atom. The van der Waals surface area contributed by atoms with Gasteiger partial charge in [-0.05, 0) is 19.1 Å². The third-order valence-corrected chi connectivity index (χ3v) is 3.88. The van der Waals surface area contributed by atoms with Crippen molar-refractivity contribution >= 4 is 15.7 Å². The van der Waals surface area contributed by atoms with E-state index in [-0.39, 0.29) is 10.6 Å². The van der Waals surface area contributed by atoms with E-state index in [1.54, 1.807) is 25.3 Å². The number of H-pyrrole nitrogens is 1. The van der Waals surface area contributed by atoms with Gasteiger partial charge in [-0.2, -0.15) is 5.10 Å². The quantitative estimate of drug-likeness (QED) is 0.744. The van der Waals surface area contributed by atoms with Gasteiger partial charge in [0, 0.05) is 6.20 Å². The summed E-state index contributed by atoms with van der Waals surface area (Å²) in [4.78, 5) is 3.78. The summed E-state index contributed by atoms with van der Waals surface area (Å²) in [5.41, 5.74) is 0.807. The summed E-state index contributed by atoms with van der Waals surface area (Å²) in [5.74, 6) is 0. The van der Waals surface area contributed by atoms with E-state index in [1.807, 2.05) is 0 Å². The lowest BCUT2D eigenvalue weighted by Gasteiger charge is -2.07. The summed E-state index contributed by atoms with van der Waals surface area (Å²) >= 11 is 0. The van der Waals surface area contributed by atoms with Crippen molar-refractivity contribution in [2.45, 2.75) is 18.4 Å². The molecule has 0 aliphatic rings. The molecule has 3 N–H and O–H groups in total. The van der Waals surface area contributed by atoms with E-state index >= 15 is 0 Å². The molecule has 0 atom stereocenters. The van der Waals surface area contributed by atoms with Gasteiger partial charge in [0.2, 0.25) is 0 Å². The molecule has 7 nitrogen and oxygen atoms in total. The maximum atomic E-state index is 12.2. The van der Waals surface area contributed by atoms with E-state index in [2.05, 4.69) is 19.9 Å². The standard InChI is InChI=1S/C10H12N4O3S/c1-7-10(9(6-15)13-12-7)18(16,17)14-8-3-2-4-11-5-8/h2-5,14-15H,6H2,1H3,(H,12,13). The molecule has 0 unspecified atom stereocenters. The molecule has 0 aromatic carbocycles. The van der Waals surface area contributed by atoms with Crippen LogP contribution in [-0.2, 0) is 16.6 Å². The first-order valence-corrected chi connectivity index (χ1v) is 6.60. The zero-order chi connectivity index (χ0) is 13.2. The van der Waals surface area contributed by atoms with Gasteiger partial charge in [0.15, 0.2) is 0 Å². The van der Waals surface area contributed by atoms with Gasteiger partial charge >= 0.3 is 0 Å². The maximum Gasteiger partial charge on any atom is 0.265 e. The topological polar surface area (TPSA) is 108 Å². The first-order chi connectivity index (χ1) is 8.54. The highest BCUT2D eigenvalue weighted by atomic mass is 32.2. The summed E-state index contributed by atoms with van der Waals surface area (Å²) in [5, 5.41) is 15.3. The lowest BCUT2D eigenvalue weighted by Crippen LogP contribution is -2.15. The second-order valence-electron chi connectivity index (χ2n) is 3.63. The number of aliphatic hydroxyl groups excluding tert-OH is 1. The van der Waals surface area contributed by atoms with Crippen LogP contribution in [0.5, 0.6) is 0 Å². The van der Waals surface area contributed by atoms with Gasteiger partial charge in [0.1, 0.15) is 10.6 Å². The van der Waals surface area contributed by atoms with Crippen molar-refractivity contribution in [2.24, 2.45) is 0 Å². The number of hydrogen-bond donors (Lipinski definition) is 3. The number of anilines is 1. The molecule has 0 aliphatic heterocycles. The molecule has 2 rings (SSSR count). The fourth-order valence-electron chi connectivity index (χ4n) is 1.56. The second-order valence-corrected chi connectivity index (χ2v) is 5.25. The van der Waals surface area contributed by atoms with Crippen LogP contribution in [0.3, 0.4) is 0 Å².